The lowest BCUT2D eigenvalue weighted by Crippen LogP contribution is -2.36. The number of aryl methyl sites for hydroxylation is 1. The maximum absolute atomic E-state index is 10.9. The molecule has 1 aliphatic rings. The van der Waals surface area contributed by atoms with Crippen LogP contribution in [0.25, 0.3) is 16.7 Å². The molecule has 0 bridgehead atoms. The second-order valence-electron chi connectivity index (χ2n) is 7.56. The molecular formula is C21H20ClN7O2. The van der Waals surface area contributed by atoms with Crippen molar-refractivity contribution in [1.29, 1.82) is 0 Å². The van der Waals surface area contributed by atoms with Gasteiger partial charge in [0.25, 0.3) is 0 Å². The van der Waals surface area contributed by atoms with E-state index in [0.29, 0.717) is 28.5 Å². The van der Waals surface area contributed by atoms with Crippen molar-refractivity contribution in [3.63, 3.8) is 0 Å². The molecule has 31 heavy (non-hydrogen) atoms. The number of halogens is 1. The molecule has 1 atom stereocenters. The number of fused-ring (bicyclic) bond motifs is 3. The van der Waals surface area contributed by atoms with Gasteiger partial charge in [-0.25, -0.2) is 19.7 Å². The van der Waals surface area contributed by atoms with Gasteiger partial charge in [0.2, 0.25) is 0 Å². The quantitative estimate of drug-likeness (QED) is 0.445. The largest absolute Gasteiger partial charge is 0.465 e. The summed E-state index contributed by atoms with van der Waals surface area (Å²) in [4.78, 5) is 26.9. The molecule has 1 fully saturated rings. The summed E-state index contributed by atoms with van der Waals surface area (Å²) in [6.07, 6.45) is 3.18. The number of hydrogen-bond acceptors (Lipinski definition) is 6. The Labute approximate surface area is 182 Å². The van der Waals surface area contributed by atoms with Gasteiger partial charge in [-0.3, -0.25) is 4.40 Å². The molecule has 0 spiro atoms. The summed E-state index contributed by atoms with van der Waals surface area (Å²) >= 11 is 6.39. The van der Waals surface area contributed by atoms with Gasteiger partial charge in [-0.2, -0.15) is 0 Å². The number of pyridine rings is 1. The van der Waals surface area contributed by atoms with Gasteiger partial charge in [-0.05, 0) is 37.1 Å². The van der Waals surface area contributed by atoms with E-state index < -0.39 is 6.09 Å². The molecule has 1 saturated heterocycles. The van der Waals surface area contributed by atoms with Crippen molar-refractivity contribution in [1.82, 2.24) is 24.7 Å². The van der Waals surface area contributed by atoms with Crippen molar-refractivity contribution < 1.29 is 9.90 Å². The second-order valence-corrected chi connectivity index (χ2v) is 7.97. The summed E-state index contributed by atoms with van der Waals surface area (Å²) < 4.78 is 1.89. The Morgan fingerprint density at radius 3 is 2.94 bits per heavy atom. The van der Waals surface area contributed by atoms with Crippen LogP contribution in [0.15, 0.2) is 42.9 Å². The molecule has 0 radical (unpaired) electrons. The van der Waals surface area contributed by atoms with Crippen molar-refractivity contribution in [2.75, 3.05) is 23.3 Å². The van der Waals surface area contributed by atoms with Gasteiger partial charge in [0, 0.05) is 13.1 Å². The number of aromatic nitrogens is 4. The third-order valence-corrected chi connectivity index (χ3v) is 5.80. The van der Waals surface area contributed by atoms with Crippen molar-refractivity contribution in [3.8, 4) is 0 Å². The fraction of sp³-hybridized carbons (Fsp3) is 0.238. The zero-order valence-electron chi connectivity index (χ0n) is 16.7. The van der Waals surface area contributed by atoms with E-state index in [1.54, 1.807) is 12.5 Å². The number of nitrogens with one attached hydrogen (secondary N) is 2. The lowest BCUT2D eigenvalue weighted by atomic mass is 10.2. The number of rotatable bonds is 4. The molecule has 158 valence electrons. The number of hydrogen-bond donors (Lipinski definition) is 3. The fourth-order valence-electron chi connectivity index (χ4n) is 3.95. The minimum Gasteiger partial charge on any atom is -0.465 e. The van der Waals surface area contributed by atoms with Crippen molar-refractivity contribution in [3.05, 3.63) is 53.4 Å². The lowest BCUT2D eigenvalue weighted by Gasteiger charge is -2.18. The van der Waals surface area contributed by atoms with Crippen LogP contribution in [0.5, 0.6) is 0 Å². The van der Waals surface area contributed by atoms with E-state index >= 15 is 0 Å². The summed E-state index contributed by atoms with van der Waals surface area (Å²) in [7, 11) is 0. The number of amides is 1. The minimum atomic E-state index is -1.00. The zero-order chi connectivity index (χ0) is 21.5. The van der Waals surface area contributed by atoms with Crippen molar-refractivity contribution >= 4 is 51.7 Å². The monoisotopic (exact) mass is 437 g/mol. The molecule has 0 aliphatic carbocycles. The van der Waals surface area contributed by atoms with Crippen molar-refractivity contribution in [2.24, 2.45) is 0 Å². The van der Waals surface area contributed by atoms with Crippen molar-refractivity contribution in [2.45, 2.75) is 19.4 Å². The minimum absolute atomic E-state index is 0.105. The van der Waals surface area contributed by atoms with Crippen LogP contribution in [-0.4, -0.2) is 49.7 Å². The highest BCUT2D eigenvalue weighted by molar-refractivity contribution is 6.33. The van der Waals surface area contributed by atoms with E-state index in [9.17, 15) is 4.79 Å². The molecule has 0 saturated carbocycles. The first-order valence-electron chi connectivity index (χ1n) is 9.89. The van der Waals surface area contributed by atoms with Crippen LogP contribution in [0.3, 0.4) is 0 Å². The first-order valence-corrected chi connectivity index (χ1v) is 10.3. The highest BCUT2D eigenvalue weighted by Crippen LogP contribution is 2.31. The zero-order valence-corrected chi connectivity index (χ0v) is 17.5. The van der Waals surface area contributed by atoms with E-state index in [-0.39, 0.29) is 6.04 Å². The van der Waals surface area contributed by atoms with Crippen LogP contribution >= 0.6 is 11.6 Å². The number of nitrogens with zero attached hydrogens (tertiary/aromatic N) is 5. The highest BCUT2D eigenvalue weighted by atomic mass is 35.5. The summed E-state index contributed by atoms with van der Waals surface area (Å²) in [6.45, 7) is 3.30. The fourth-order valence-corrected chi connectivity index (χ4v) is 4.22. The van der Waals surface area contributed by atoms with E-state index in [2.05, 4.69) is 20.5 Å². The molecule has 9 nitrogen and oxygen atoms in total. The number of benzene rings is 1. The number of imidazole rings is 1. The maximum Gasteiger partial charge on any atom is 0.404 e. The Morgan fingerprint density at radius 1 is 1.26 bits per heavy atom. The van der Waals surface area contributed by atoms with Crippen LogP contribution in [0.4, 0.5) is 22.1 Å². The summed E-state index contributed by atoms with van der Waals surface area (Å²) in [5, 5.41) is 15.5. The van der Waals surface area contributed by atoms with Gasteiger partial charge in [-0.15, -0.1) is 0 Å². The number of carboxylic acid groups (broad SMARTS) is 1. The molecule has 1 aliphatic heterocycles. The van der Waals surface area contributed by atoms with Gasteiger partial charge in [-0.1, -0.05) is 23.7 Å². The van der Waals surface area contributed by atoms with E-state index in [0.717, 1.165) is 35.6 Å². The first kappa shape index (κ1) is 19.4. The second kappa shape index (κ2) is 7.59. The van der Waals surface area contributed by atoms with E-state index in [4.69, 9.17) is 26.7 Å². The molecule has 4 heterocycles. The molecule has 3 aromatic heterocycles. The van der Waals surface area contributed by atoms with Crippen LogP contribution in [0, 0.1) is 6.92 Å². The Bertz CT molecular complexity index is 1290. The predicted molar refractivity (Wildman–Crippen MR) is 120 cm³/mol. The molecule has 1 aromatic carbocycles. The summed E-state index contributed by atoms with van der Waals surface area (Å²) in [6, 6.07) is 9.45. The highest BCUT2D eigenvalue weighted by Gasteiger charge is 2.25. The third kappa shape index (κ3) is 3.57. The lowest BCUT2D eigenvalue weighted by molar-refractivity contribution is 0.191. The van der Waals surface area contributed by atoms with E-state index in [1.807, 2.05) is 41.7 Å². The molecule has 3 N–H and O–H groups in total. The Hall–Kier alpha value is -3.59. The third-order valence-electron chi connectivity index (χ3n) is 5.49. The van der Waals surface area contributed by atoms with Crippen LogP contribution < -0.4 is 15.5 Å². The molecule has 4 aromatic rings. The standard InChI is InChI=1S/C21H20ClN7O2/c1-12-3-2-4-14(22)18(12)27-19-16-9-23-11-29(16)20-15(25-19)5-6-17(26-20)28-8-7-13(10-28)24-21(30)31/h2-6,9,11,13,24H,7-8,10H2,1H3,(H,25,27)(H,30,31). The topological polar surface area (TPSA) is 108 Å². The average Bonchev–Trinajstić information content (AvgIpc) is 3.40. The Balaban J connectivity index is 1.53. The molecule has 5 rings (SSSR count). The number of carbonyl (C=O) groups is 1. The Morgan fingerprint density at radius 2 is 2.13 bits per heavy atom. The Kier molecular flexibility index (Phi) is 4.74. The molecule has 1 unspecified atom stereocenters. The summed E-state index contributed by atoms with van der Waals surface area (Å²) in [5.41, 5.74) is 3.99. The average molecular weight is 438 g/mol. The molecular weight excluding hydrogens is 418 g/mol. The van der Waals surface area contributed by atoms with E-state index in [1.165, 1.54) is 0 Å². The molecule has 1 amide bonds. The van der Waals surface area contributed by atoms with Crippen LogP contribution in [-0.2, 0) is 0 Å². The van der Waals surface area contributed by atoms with Gasteiger partial charge in [0.15, 0.2) is 11.5 Å². The van der Waals surface area contributed by atoms with Crippen LogP contribution in [0.2, 0.25) is 5.02 Å². The normalized spacial score (nSPS) is 16.2. The number of anilines is 3. The summed E-state index contributed by atoms with van der Waals surface area (Å²) in [5.74, 6) is 1.42. The van der Waals surface area contributed by atoms with Crippen LogP contribution in [0.1, 0.15) is 12.0 Å². The van der Waals surface area contributed by atoms with Gasteiger partial charge in [0.05, 0.1) is 22.9 Å². The SMILES string of the molecule is Cc1cccc(Cl)c1Nc1nc2ccc(N3CCC(NC(=O)O)C3)nc2n2cncc12. The maximum atomic E-state index is 10.9. The van der Waals surface area contributed by atoms with Gasteiger partial charge >= 0.3 is 6.09 Å². The van der Waals surface area contributed by atoms with Gasteiger partial charge in [0.1, 0.15) is 23.2 Å². The number of para-hydroxylation sites is 1. The smallest absolute Gasteiger partial charge is 0.404 e. The predicted octanol–water partition coefficient (Wildman–Crippen LogP) is 3.83. The first-order chi connectivity index (χ1) is 15.0. The van der Waals surface area contributed by atoms with Gasteiger partial charge < -0.3 is 20.6 Å². The molecule has 10 heteroatoms.